The van der Waals surface area contributed by atoms with Gasteiger partial charge in [0.15, 0.2) is 0 Å². The van der Waals surface area contributed by atoms with Gasteiger partial charge in [-0.15, -0.1) is 0 Å². The average molecular weight is 435 g/mol. The van der Waals surface area contributed by atoms with Gasteiger partial charge in [0.05, 0.1) is 0 Å². The van der Waals surface area contributed by atoms with E-state index in [2.05, 4.69) is 53.3 Å². The Balaban J connectivity index is 5.87. The van der Waals surface area contributed by atoms with Crippen LogP contribution in [0, 0.1) is 0 Å². The zero-order chi connectivity index (χ0) is 20.8. The molecule has 0 heterocycles. The number of hydrogen-bond donors (Lipinski definition) is 0. The predicted molar refractivity (Wildman–Crippen MR) is 131 cm³/mol. The maximum Gasteiger partial charge on any atom is 0.204 e. The van der Waals surface area contributed by atoms with Crippen molar-refractivity contribution in [3.8, 4) is 0 Å². The van der Waals surface area contributed by atoms with E-state index in [4.69, 9.17) is 8.85 Å². The molecule has 0 radical (unpaired) electrons. The van der Waals surface area contributed by atoms with Gasteiger partial charge >= 0.3 is 0 Å². The van der Waals surface area contributed by atoms with Crippen molar-refractivity contribution >= 4 is 28.4 Å². The standard InChI is InChI=1S/C22H50O2SSi2/c1-9-15-21(26(23-7,17-11-3)18-12-4)25-22(16-10-2)27(24-8,19-13-5)20-14-6/h21-22H,9-20H2,1-8H3. The molecule has 2 unspecified atom stereocenters. The molecular weight excluding hydrogens is 384 g/mol. The normalized spacial score (nSPS) is 15.1. The molecule has 27 heavy (non-hydrogen) atoms. The summed E-state index contributed by atoms with van der Waals surface area (Å²) in [7, 11) is 0.606. The van der Waals surface area contributed by atoms with Crippen LogP contribution in [0.2, 0.25) is 24.2 Å². The third-order valence-corrected chi connectivity index (χ3v) is 20.6. The largest absolute Gasteiger partial charge is 0.419 e. The van der Waals surface area contributed by atoms with Crippen molar-refractivity contribution in [1.82, 2.24) is 0 Å². The van der Waals surface area contributed by atoms with Gasteiger partial charge in [0.25, 0.3) is 0 Å². The third kappa shape index (κ3) is 8.15. The first-order valence-corrected chi connectivity index (χ1v) is 17.5. The molecule has 0 saturated carbocycles. The van der Waals surface area contributed by atoms with Crippen LogP contribution >= 0.6 is 11.8 Å². The second-order valence-corrected chi connectivity index (χ2v) is 18.9. The highest BCUT2D eigenvalue weighted by molar-refractivity contribution is 8.03. The van der Waals surface area contributed by atoms with Crippen molar-refractivity contribution in [2.45, 2.75) is 127 Å². The molecule has 0 amide bonds. The van der Waals surface area contributed by atoms with E-state index < -0.39 is 16.6 Å². The lowest BCUT2D eigenvalue weighted by Gasteiger charge is -2.43. The van der Waals surface area contributed by atoms with Crippen LogP contribution in [0.4, 0.5) is 0 Å². The van der Waals surface area contributed by atoms with E-state index in [0.29, 0.717) is 0 Å². The number of rotatable bonds is 18. The first-order valence-electron chi connectivity index (χ1n) is 11.7. The lowest BCUT2D eigenvalue weighted by Crippen LogP contribution is -2.53. The minimum atomic E-state index is -1.72. The van der Waals surface area contributed by atoms with Crippen LogP contribution in [-0.4, -0.2) is 40.6 Å². The molecule has 0 aromatic heterocycles. The van der Waals surface area contributed by atoms with Crippen LogP contribution in [0.15, 0.2) is 0 Å². The number of thioether (sulfide) groups is 1. The van der Waals surface area contributed by atoms with Gasteiger partial charge in [-0.2, -0.15) is 11.8 Å². The fraction of sp³-hybridized carbons (Fsp3) is 1.00. The summed E-state index contributed by atoms with van der Waals surface area (Å²) < 4.78 is 12.9. The Morgan fingerprint density at radius 2 is 0.852 bits per heavy atom. The lowest BCUT2D eigenvalue weighted by molar-refractivity contribution is 0.379. The first kappa shape index (κ1) is 27.7. The molecule has 0 fully saturated rings. The molecule has 0 saturated heterocycles. The first-order chi connectivity index (χ1) is 13.0. The third-order valence-electron chi connectivity index (χ3n) is 6.11. The predicted octanol–water partition coefficient (Wildman–Crippen LogP) is 7.96. The highest BCUT2D eigenvalue weighted by Crippen LogP contribution is 2.43. The van der Waals surface area contributed by atoms with E-state index in [1.54, 1.807) is 0 Å². The molecule has 2 atom stereocenters. The van der Waals surface area contributed by atoms with Crippen molar-refractivity contribution in [3.05, 3.63) is 0 Å². The maximum atomic E-state index is 6.47. The Labute approximate surface area is 178 Å². The Morgan fingerprint density at radius 1 is 0.556 bits per heavy atom. The summed E-state index contributed by atoms with van der Waals surface area (Å²) in [6.07, 6.45) is 10.2. The minimum Gasteiger partial charge on any atom is -0.419 e. The van der Waals surface area contributed by atoms with E-state index in [9.17, 15) is 0 Å². The Bertz CT molecular complexity index is 311. The van der Waals surface area contributed by atoms with Crippen molar-refractivity contribution in [2.75, 3.05) is 14.2 Å². The molecule has 164 valence electrons. The van der Waals surface area contributed by atoms with Crippen molar-refractivity contribution in [1.29, 1.82) is 0 Å². The summed E-state index contributed by atoms with van der Waals surface area (Å²) in [6, 6.07) is 5.27. The highest BCUT2D eigenvalue weighted by atomic mass is 32.2. The van der Waals surface area contributed by atoms with Crippen molar-refractivity contribution < 1.29 is 8.85 Å². The Kier molecular flexibility index (Phi) is 15.9. The molecule has 0 N–H and O–H groups in total. The molecular formula is C22H50O2SSi2. The SMILES string of the molecule is CCCC(SC(CCC)[Si](CCC)(CCC)OC)[Si](CCC)(CCC)OC. The van der Waals surface area contributed by atoms with Crippen LogP contribution in [0.3, 0.4) is 0 Å². The summed E-state index contributed by atoms with van der Waals surface area (Å²) in [5.41, 5.74) is 0. The molecule has 0 aromatic carbocycles. The van der Waals surface area contributed by atoms with Gasteiger partial charge < -0.3 is 8.85 Å². The number of hydrogen-bond acceptors (Lipinski definition) is 3. The topological polar surface area (TPSA) is 18.5 Å². The monoisotopic (exact) mass is 434 g/mol. The van der Waals surface area contributed by atoms with E-state index in [0.717, 1.165) is 9.75 Å². The molecule has 0 rings (SSSR count). The fourth-order valence-corrected chi connectivity index (χ4v) is 19.5. The molecule has 0 bridgehead atoms. The van der Waals surface area contributed by atoms with Gasteiger partial charge in [-0.25, -0.2) is 0 Å². The van der Waals surface area contributed by atoms with Crippen LogP contribution in [0.25, 0.3) is 0 Å². The van der Waals surface area contributed by atoms with E-state index in [1.807, 2.05) is 14.2 Å². The molecule has 0 aliphatic carbocycles. The molecule has 0 spiro atoms. The van der Waals surface area contributed by atoms with E-state index >= 15 is 0 Å². The summed E-state index contributed by atoms with van der Waals surface area (Å²) >= 11 is 2.34. The van der Waals surface area contributed by atoms with Crippen LogP contribution in [0.1, 0.15) is 92.9 Å². The molecule has 5 heteroatoms. The lowest BCUT2D eigenvalue weighted by atomic mass is 10.4. The van der Waals surface area contributed by atoms with Gasteiger partial charge in [0.2, 0.25) is 16.6 Å². The molecule has 0 aromatic rings. The summed E-state index contributed by atoms with van der Waals surface area (Å²) in [5.74, 6) is 0. The zero-order valence-corrected chi connectivity index (χ0v) is 22.7. The second kappa shape index (κ2) is 15.5. The summed E-state index contributed by atoms with van der Waals surface area (Å²) in [5, 5.41) is 0. The van der Waals surface area contributed by atoms with Gasteiger partial charge in [-0.05, 0) is 37.0 Å². The molecule has 2 nitrogen and oxygen atoms in total. The van der Waals surface area contributed by atoms with E-state index in [-0.39, 0.29) is 0 Å². The van der Waals surface area contributed by atoms with E-state index in [1.165, 1.54) is 75.5 Å². The smallest absolute Gasteiger partial charge is 0.204 e. The van der Waals surface area contributed by atoms with Crippen LogP contribution in [0.5, 0.6) is 0 Å². The second-order valence-electron chi connectivity index (χ2n) is 8.23. The van der Waals surface area contributed by atoms with Crippen LogP contribution in [-0.2, 0) is 8.85 Å². The average Bonchev–Trinajstić information content (AvgIpc) is 2.66. The quantitative estimate of drug-likeness (QED) is 0.204. The minimum absolute atomic E-state index is 0.722. The zero-order valence-electron chi connectivity index (χ0n) is 19.9. The Hall–Kier alpha value is 0.704. The van der Waals surface area contributed by atoms with Gasteiger partial charge in [-0.3, -0.25) is 0 Å². The Morgan fingerprint density at radius 3 is 1.04 bits per heavy atom. The van der Waals surface area contributed by atoms with Crippen molar-refractivity contribution in [2.24, 2.45) is 0 Å². The fourth-order valence-electron chi connectivity index (χ4n) is 4.89. The van der Waals surface area contributed by atoms with Gasteiger partial charge in [-0.1, -0.05) is 80.1 Å². The van der Waals surface area contributed by atoms with Crippen molar-refractivity contribution in [3.63, 3.8) is 0 Å². The van der Waals surface area contributed by atoms with Gasteiger partial charge in [0.1, 0.15) is 0 Å². The summed E-state index contributed by atoms with van der Waals surface area (Å²) in [6.45, 7) is 14.1. The van der Waals surface area contributed by atoms with Gasteiger partial charge in [0, 0.05) is 24.0 Å². The van der Waals surface area contributed by atoms with Crippen LogP contribution < -0.4 is 0 Å². The maximum absolute atomic E-state index is 6.47. The highest BCUT2D eigenvalue weighted by Gasteiger charge is 2.47. The molecule has 0 aliphatic rings. The molecule has 0 aliphatic heterocycles. The summed E-state index contributed by atoms with van der Waals surface area (Å²) in [4.78, 5) is 1.44.